The van der Waals surface area contributed by atoms with Crippen LogP contribution in [0.3, 0.4) is 0 Å². The van der Waals surface area contributed by atoms with E-state index >= 15 is 0 Å². The molecule has 11 heteroatoms. The maximum atomic E-state index is 13.0. The fraction of sp³-hybridized carbons (Fsp3) is 0.240. The number of nitrogens with one attached hydrogen (secondary N) is 2. The van der Waals surface area contributed by atoms with Crippen molar-refractivity contribution < 1.29 is 28.9 Å². The molecule has 3 N–H and O–H groups in total. The Morgan fingerprint density at radius 3 is 2.67 bits per heavy atom. The minimum Gasteiger partial charge on any atom is -0.506 e. The number of pyridine rings is 1. The van der Waals surface area contributed by atoms with Crippen LogP contribution in [0.25, 0.3) is 0 Å². The second-order valence-corrected chi connectivity index (χ2v) is 8.72. The van der Waals surface area contributed by atoms with Gasteiger partial charge in [-0.05, 0) is 42.3 Å². The van der Waals surface area contributed by atoms with E-state index in [4.69, 9.17) is 37.4 Å². The van der Waals surface area contributed by atoms with Crippen LogP contribution in [0.4, 0.5) is 0 Å². The molecule has 0 radical (unpaired) electrons. The number of esters is 1. The van der Waals surface area contributed by atoms with Crippen LogP contribution in [0.15, 0.2) is 47.4 Å². The Bertz CT molecular complexity index is 1370. The normalized spacial score (nSPS) is 12.8. The SMILES string of the molecule is CCOC(=O)c1c[nH]c(=O)c([C@@H](CC(=O)NCc2ccc(Cl)c(Cl)c2)c2ccc3c(c2)OCO3)c1O. The van der Waals surface area contributed by atoms with Gasteiger partial charge in [-0.2, -0.15) is 0 Å². The van der Waals surface area contributed by atoms with Gasteiger partial charge in [-0.1, -0.05) is 35.3 Å². The molecule has 4 rings (SSSR count). The zero-order valence-corrected chi connectivity index (χ0v) is 20.6. The van der Waals surface area contributed by atoms with E-state index < -0.39 is 29.1 Å². The number of rotatable bonds is 8. The molecular weight excluding hydrogens is 511 g/mol. The number of H-pyrrole nitrogens is 1. The molecule has 3 aromatic rings. The first-order valence-corrected chi connectivity index (χ1v) is 11.8. The van der Waals surface area contributed by atoms with Crippen molar-refractivity contribution in [2.24, 2.45) is 0 Å². The van der Waals surface area contributed by atoms with Crippen LogP contribution in [0.2, 0.25) is 10.0 Å². The first-order valence-electron chi connectivity index (χ1n) is 11.0. The summed E-state index contributed by atoms with van der Waals surface area (Å²) >= 11 is 12.0. The van der Waals surface area contributed by atoms with Crippen LogP contribution in [-0.4, -0.2) is 35.4 Å². The van der Waals surface area contributed by atoms with Gasteiger partial charge in [0.05, 0.1) is 22.2 Å². The molecule has 0 fully saturated rings. The second-order valence-electron chi connectivity index (χ2n) is 7.91. The number of carbonyl (C=O) groups excluding carboxylic acids is 2. The lowest BCUT2D eigenvalue weighted by atomic mass is 9.87. The Kier molecular flexibility index (Phi) is 7.71. The van der Waals surface area contributed by atoms with E-state index in [0.717, 1.165) is 11.8 Å². The summed E-state index contributed by atoms with van der Waals surface area (Å²) in [6.07, 6.45) is 0.865. The fourth-order valence-corrected chi connectivity index (χ4v) is 4.17. The van der Waals surface area contributed by atoms with E-state index in [1.807, 2.05) is 0 Å². The zero-order valence-electron chi connectivity index (χ0n) is 19.1. The zero-order chi connectivity index (χ0) is 25.8. The van der Waals surface area contributed by atoms with Crippen molar-refractivity contribution in [1.29, 1.82) is 0 Å². The number of benzene rings is 2. The summed E-state index contributed by atoms with van der Waals surface area (Å²) in [6, 6.07) is 9.94. The van der Waals surface area contributed by atoms with Crippen LogP contribution in [0, 0.1) is 0 Å². The van der Waals surface area contributed by atoms with Gasteiger partial charge in [0.1, 0.15) is 11.3 Å². The number of halogens is 2. The molecule has 0 aliphatic carbocycles. The lowest BCUT2D eigenvalue weighted by Crippen LogP contribution is -2.27. The van der Waals surface area contributed by atoms with Crippen molar-refractivity contribution in [2.75, 3.05) is 13.4 Å². The molecule has 2 aromatic carbocycles. The third-order valence-electron chi connectivity index (χ3n) is 5.61. The van der Waals surface area contributed by atoms with Crippen LogP contribution < -0.4 is 20.3 Å². The molecule has 0 bridgehead atoms. The first-order chi connectivity index (χ1) is 17.3. The summed E-state index contributed by atoms with van der Waals surface area (Å²) in [5, 5.41) is 14.5. The van der Waals surface area contributed by atoms with Crippen LogP contribution >= 0.6 is 23.2 Å². The van der Waals surface area contributed by atoms with Crippen molar-refractivity contribution in [3.8, 4) is 17.2 Å². The summed E-state index contributed by atoms with van der Waals surface area (Å²) < 4.78 is 15.8. The lowest BCUT2D eigenvalue weighted by molar-refractivity contribution is -0.121. The highest BCUT2D eigenvalue weighted by atomic mass is 35.5. The third kappa shape index (κ3) is 5.42. The Balaban J connectivity index is 1.67. The van der Waals surface area contributed by atoms with E-state index in [2.05, 4.69) is 10.3 Å². The van der Waals surface area contributed by atoms with Gasteiger partial charge in [0, 0.05) is 25.1 Å². The van der Waals surface area contributed by atoms with Gasteiger partial charge in [0.25, 0.3) is 5.56 Å². The molecule has 1 atom stereocenters. The number of ether oxygens (including phenoxy) is 3. The summed E-state index contributed by atoms with van der Waals surface area (Å²) in [7, 11) is 0. The molecule has 1 aliphatic heterocycles. The number of amides is 1. The third-order valence-corrected chi connectivity index (χ3v) is 6.35. The van der Waals surface area contributed by atoms with E-state index in [9.17, 15) is 19.5 Å². The van der Waals surface area contributed by atoms with Crippen LogP contribution in [0.5, 0.6) is 17.2 Å². The molecule has 188 valence electrons. The highest BCUT2D eigenvalue weighted by Gasteiger charge is 2.29. The number of carbonyl (C=O) groups is 2. The quantitative estimate of drug-likeness (QED) is 0.372. The van der Waals surface area contributed by atoms with E-state index in [0.29, 0.717) is 27.1 Å². The van der Waals surface area contributed by atoms with Gasteiger partial charge < -0.3 is 29.6 Å². The highest BCUT2D eigenvalue weighted by Crippen LogP contribution is 2.39. The molecule has 0 saturated carbocycles. The Morgan fingerprint density at radius 1 is 1.14 bits per heavy atom. The minimum absolute atomic E-state index is 0.0395. The highest BCUT2D eigenvalue weighted by molar-refractivity contribution is 6.42. The smallest absolute Gasteiger partial charge is 0.343 e. The van der Waals surface area contributed by atoms with Crippen molar-refractivity contribution in [2.45, 2.75) is 25.8 Å². The van der Waals surface area contributed by atoms with Crippen molar-refractivity contribution in [3.05, 3.63) is 85.2 Å². The predicted octanol–water partition coefficient (Wildman–Crippen LogP) is 4.13. The number of hydrogen-bond acceptors (Lipinski definition) is 7. The Hall–Kier alpha value is -3.69. The summed E-state index contributed by atoms with van der Waals surface area (Å²) in [4.78, 5) is 40.7. The molecular formula is C25H22Cl2N2O7. The van der Waals surface area contributed by atoms with Gasteiger partial charge >= 0.3 is 5.97 Å². The van der Waals surface area contributed by atoms with E-state index in [-0.39, 0.29) is 37.5 Å². The molecule has 0 spiro atoms. The summed E-state index contributed by atoms with van der Waals surface area (Å²) in [5.74, 6) is -1.75. The molecule has 1 aliphatic rings. The monoisotopic (exact) mass is 532 g/mol. The van der Waals surface area contributed by atoms with Gasteiger partial charge in [0.15, 0.2) is 11.5 Å². The van der Waals surface area contributed by atoms with Gasteiger partial charge in [0.2, 0.25) is 12.7 Å². The number of aromatic hydroxyl groups is 1. The topological polar surface area (TPSA) is 127 Å². The molecule has 1 amide bonds. The van der Waals surface area contributed by atoms with E-state index in [1.54, 1.807) is 43.3 Å². The number of aromatic amines is 1. The van der Waals surface area contributed by atoms with Gasteiger partial charge in [-0.15, -0.1) is 0 Å². The number of fused-ring (bicyclic) bond motifs is 1. The van der Waals surface area contributed by atoms with Crippen molar-refractivity contribution in [3.63, 3.8) is 0 Å². The van der Waals surface area contributed by atoms with Crippen molar-refractivity contribution >= 4 is 35.1 Å². The lowest BCUT2D eigenvalue weighted by Gasteiger charge is -2.19. The molecule has 2 heterocycles. The summed E-state index contributed by atoms with van der Waals surface area (Å²) in [5.41, 5.74) is 0.214. The largest absolute Gasteiger partial charge is 0.506 e. The average Bonchev–Trinajstić information content (AvgIpc) is 3.32. The Morgan fingerprint density at radius 2 is 1.92 bits per heavy atom. The minimum atomic E-state index is -0.925. The van der Waals surface area contributed by atoms with Crippen LogP contribution in [0.1, 0.15) is 46.3 Å². The predicted molar refractivity (Wildman–Crippen MR) is 132 cm³/mol. The van der Waals surface area contributed by atoms with E-state index in [1.165, 1.54) is 0 Å². The second kappa shape index (κ2) is 10.9. The van der Waals surface area contributed by atoms with Gasteiger partial charge in [-0.25, -0.2) is 4.79 Å². The number of aromatic nitrogens is 1. The average molecular weight is 533 g/mol. The van der Waals surface area contributed by atoms with Crippen LogP contribution in [-0.2, 0) is 16.1 Å². The first kappa shape index (κ1) is 25.4. The van der Waals surface area contributed by atoms with Gasteiger partial charge in [-0.3, -0.25) is 9.59 Å². The Labute approximate surface area is 215 Å². The molecule has 0 saturated heterocycles. The fourth-order valence-electron chi connectivity index (χ4n) is 3.85. The standard InChI is InChI=1S/C25H22Cl2N2O7/c1-2-34-25(33)16-11-29-24(32)22(23(16)31)15(14-4-6-19-20(8-14)36-12-35-19)9-21(30)28-10-13-3-5-17(26)18(27)7-13/h3-8,11,15H,2,9-10,12H2,1H3,(H,28,30)(H2,29,31,32)/t15-/m0/s1. The maximum absolute atomic E-state index is 13.0. The maximum Gasteiger partial charge on any atom is 0.343 e. The molecule has 9 nitrogen and oxygen atoms in total. The molecule has 1 aromatic heterocycles. The van der Waals surface area contributed by atoms with Crippen molar-refractivity contribution in [1.82, 2.24) is 10.3 Å². The molecule has 0 unspecified atom stereocenters. The summed E-state index contributed by atoms with van der Waals surface area (Å²) in [6.45, 7) is 1.90. The number of hydrogen-bond donors (Lipinski definition) is 3. The molecule has 36 heavy (non-hydrogen) atoms.